The van der Waals surface area contributed by atoms with Crippen LogP contribution in [0.5, 0.6) is 0 Å². The standard InChI is InChI=1S/C17H19N7O/c25-17-7-13-3-1-2-4-14(13)20-23(17)10-12-8-22(9-12)16-6-5-15-19-18-11-24(15)21-16/h5-7,11-12H,1-4,8-10H2. The molecule has 4 heterocycles. The summed E-state index contributed by atoms with van der Waals surface area (Å²) in [5.74, 6) is 1.33. The molecule has 0 saturated carbocycles. The van der Waals surface area contributed by atoms with E-state index in [2.05, 4.69) is 25.3 Å². The maximum atomic E-state index is 12.3. The molecule has 1 aliphatic carbocycles. The zero-order valence-electron chi connectivity index (χ0n) is 13.9. The van der Waals surface area contributed by atoms with E-state index in [4.69, 9.17) is 0 Å². The van der Waals surface area contributed by atoms with Gasteiger partial charge in [0.1, 0.15) is 12.1 Å². The highest BCUT2D eigenvalue weighted by atomic mass is 16.1. The summed E-state index contributed by atoms with van der Waals surface area (Å²) in [6.07, 6.45) is 5.93. The van der Waals surface area contributed by atoms with Crippen molar-refractivity contribution in [1.82, 2.24) is 29.6 Å². The van der Waals surface area contributed by atoms with Crippen LogP contribution in [0, 0.1) is 5.92 Å². The van der Waals surface area contributed by atoms with E-state index >= 15 is 0 Å². The van der Waals surface area contributed by atoms with Crippen molar-refractivity contribution in [2.45, 2.75) is 32.2 Å². The fourth-order valence-electron chi connectivity index (χ4n) is 3.74. The number of hydrogen-bond donors (Lipinski definition) is 0. The molecule has 0 amide bonds. The SMILES string of the molecule is O=c1cc2c(nn1CC1CN(c3ccc4nncn4n3)C1)CCCC2. The Morgan fingerprint density at radius 2 is 2.00 bits per heavy atom. The average molecular weight is 337 g/mol. The summed E-state index contributed by atoms with van der Waals surface area (Å²) < 4.78 is 3.33. The van der Waals surface area contributed by atoms with Gasteiger partial charge in [-0.25, -0.2) is 4.68 Å². The van der Waals surface area contributed by atoms with Gasteiger partial charge in [-0.05, 0) is 43.4 Å². The molecule has 8 heteroatoms. The van der Waals surface area contributed by atoms with E-state index < -0.39 is 0 Å². The van der Waals surface area contributed by atoms with Crippen LogP contribution < -0.4 is 10.5 Å². The van der Waals surface area contributed by atoms with E-state index in [-0.39, 0.29) is 5.56 Å². The van der Waals surface area contributed by atoms with Gasteiger partial charge in [-0.3, -0.25) is 4.79 Å². The van der Waals surface area contributed by atoms with Crippen LogP contribution in [0.15, 0.2) is 29.3 Å². The molecule has 0 unspecified atom stereocenters. The van der Waals surface area contributed by atoms with Crippen molar-refractivity contribution in [3.63, 3.8) is 0 Å². The van der Waals surface area contributed by atoms with E-state index in [1.165, 1.54) is 12.8 Å². The Balaban J connectivity index is 1.29. The molecular weight excluding hydrogens is 318 g/mol. The van der Waals surface area contributed by atoms with Crippen LogP contribution in [0.25, 0.3) is 5.65 Å². The smallest absolute Gasteiger partial charge is 0.267 e. The summed E-state index contributed by atoms with van der Waals surface area (Å²) in [6.45, 7) is 2.44. The summed E-state index contributed by atoms with van der Waals surface area (Å²) in [4.78, 5) is 14.5. The van der Waals surface area contributed by atoms with E-state index in [1.54, 1.807) is 21.6 Å². The van der Waals surface area contributed by atoms with Gasteiger partial charge < -0.3 is 4.90 Å². The maximum absolute atomic E-state index is 12.3. The first kappa shape index (κ1) is 14.6. The number of aromatic nitrogens is 6. The summed E-state index contributed by atoms with van der Waals surface area (Å²) in [7, 11) is 0. The van der Waals surface area contributed by atoms with Gasteiger partial charge in [-0.1, -0.05) is 0 Å². The first-order valence-electron chi connectivity index (χ1n) is 8.78. The van der Waals surface area contributed by atoms with Gasteiger partial charge in [0.15, 0.2) is 5.65 Å². The largest absolute Gasteiger partial charge is 0.354 e. The first-order chi connectivity index (χ1) is 12.3. The minimum Gasteiger partial charge on any atom is -0.354 e. The molecular formula is C17H19N7O. The Bertz CT molecular complexity index is 986. The highest BCUT2D eigenvalue weighted by Crippen LogP contribution is 2.24. The van der Waals surface area contributed by atoms with Crippen molar-refractivity contribution < 1.29 is 0 Å². The molecule has 0 spiro atoms. The predicted molar refractivity (Wildman–Crippen MR) is 91.6 cm³/mol. The maximum Gasteiger partial charge on any atom is 0.267 e. The highest BCUT2D eigenvalue weighted by Gasteiger charge is 2.29. The zero-order chi connectivity index (χ0) is 16.8. The molecule has 0 bridgehead atoms. The molecule has 0 N–H and O–H groups in total. The predicted octanol–water partition coefficient (Wildman–Crippen LogP) is 0.696. The normalized spacial score (nSPS) is 17.5. The van der Waals surface area contributed by atoms with Crippen LogP contribution in [0.1, 0.15) is 24.1 Å². The number of anilines is 1. The van der Waals surface area contributed by atoms with Crippen molar-refractivity contribution in [2.24, 2.45) is 5.92 Å². The van der Waals surface area contributed by atoms with E-state index in [1.807, 2.05) is 12.1 Å². The van der Waals surface area contributed by atoms with Gasteiger partial charge in [-0.2, -0.15) is 9.61 Å². The Hall–Kier alpha value is -2.77. The quantitative estimate of drug-likeness (QED) is 0.700. The second kappa shape index (κ2) is 5.65. The minimum absolute atomic E-state index is 0.0307. The summed E-state index contributed by atoms with van der Waals surface area (Å²) in [6, 6.07) is 5.67. The fourth-order valence-corrected chi connectivity index (χ4v) is 3.74. The van der Waals surface area contributed by atoms with Crippen LogP contribution in [-0.2, 0) is 19.4 Å². The van der Waals surface area contributed by atoms with Crippen LogP contribution in [0.4, 0.5) is 5.82 Å². The first-order valence-corrected chi connectivity index (χ1v) is 8.78. The van der Waals surface area contributed by atoms with Crippen molar-refractivity contribution in [3.05, 3.63) is 46.1 Å². The Morgan fingerprint density at radius 1 is 1.12 bits per heavy atom. The van der Waals surface area contributed by atoms with Gasteiger partial charge in [0.05, 0.1) is 12.2 Å². The molecule has 3 aromatic heterocycles. The molecule has 0 radical (unpaired) electrons. The zero-order valence-corrected chi connectivity index (χ0v) is 13.9. The monoisotopic (exact) mass is 337 g/mol. The van der Waals surface area contributed by atoms with Gasteiger partial charge in [0.25, 0.3) is 5.56 Å². The lowest BCUT2D eigenvalue weighted by molar-refractivity contribution is 0.329. The third kappa shape index (κ3) is 2.57. The number of nitrogens with zero attached hydrogens (tertiary/aromatic N) is 7. The van der Waals surface area contributed by atoms with Gasteiger partial charge in [0.2, 0.25) is 0 Å². The molecule has 5 rings (SSSR count). The van der Waals surface area contributed by atoms with Crippen molar-refractivity contribution in [3.8, 4) is 0 Å². The van der Waals surface area contributed by atoms with Crippen LogP contribution in [-0.4, -0.2) is 42.7 Å². The average Bonchev–Trinajstić information content (AvgIpc) is 3.05. The minimum atomic E-state index is 0.0307. The molecule has 1 saturated heterocycles. The van der Waals surface area contributed by atoms with Gasteiger partial charge in [0, 0.05) is 25.1 Å². The van der Waals surface area contributed by atoms with Crippen molar-refractivity contribution >= 4 is 11.5 Å². The second-order valence-electron chi connectivity index (χ2n) is 6.94. The van der Waals surface area contributed by atoms with Crippen LogP contribution >= 0.6 is 0 Å². The molecule has 3 aromatic rings. The summed E-state index contributed by atoms with van der Waals surface area (Å²) in [5.41, 5.74) is 3.03. The number of fused-ring (bicyclic) bond motifs is 2. The Kier molecular flexibility index (Phi) is 3.29. The van der Waals surface area contributed by atoms with Crippen LogP contribution in [0.2, 0.25) is 0 Å². The number of hydrogen-bond acceptors (Lipinski definition) is 6. The van der Waals surface area contributed by atoms with Crippen molar-refractivity contribution in [1.29, 1.82) is 0 Å². The van der Waals surface area contributed by atoms with E-state index in [9.17, 15) is 4.79 Å². The van der Waals surface area contributed by atoms with E-state index in [0.29, 0.717) is 12.5 Å². The highest BCUT2D eigenvalue weighted by molar-refractivity contribution is 5.46. The lowest BCUT2D eigenvalue weighted by Gasteiger charge is -2.40. The van der Waals surface area contributed by atoms with Crippen molar-refractivity contribution in [2.75, 3.05) is 18.0 Å². The Labute approximate surface area is 144 Å². The molecule has 1 fully saturated rings. The fraction of sp³-hybridized carbons (Fsp3) is 0.471. The van der Waals surface area contributed by atoms with Gasteiger partial charge >= 0.3 is 0 Å². The topological polar surface area (TPSA) is 81.2 Å². The van der Waals surface area contributed by atoms with E-state index in [0.717, 1.165) is 48.7 Å². The summed E-state index contributed by atoms with van der Waals surface area (Å²) in [5, 5.41) is 16.9. The molecule has 0 aromatic carbocycles. The molecule has 8 nitrogen and oxygen atoms in total. The van der Waals surface area contributed by atoms with Crippen LogP contribution in [0.3, 0.4) is 0 Å². The lowest BCUT2D eigenvalue weighted by atomic mass is 9.96. The molecule has 0 atom stereocenters. The third-order valence-corrected chi connectivity index (χ3v) is 5.13. The molecule has 128 valence electrons. The molecule has 1 aliphatic heterocycles. The lowest BCUT2D eigenvalue weighted by Crippen LogP contribution is -2.50. The van der Waals surface area contributed by atoms with Gasteiger partial charge in [-0.15, -0.1) is 15.3 Å². The summed E-state index contributed by atoms with van der Waals surface area (Å²) >= 11 is 0. The molecule has 25 heavy (non-hydrogen) atoms. The third-order valence-electron chi connectivity index (χ3n) is 5.13. The Morgan fingerprint density at radius 3 is 2.92 bits per heavy atom. The molecule has 2 aliphatic rings. The number of aryl methyl sites for hydroxylation is 2. The second-order valence-corrected chi connectivity index (χ2v) is 6.94. The number of rotatable bonds is 3.